The van der Waals surface area contributed by atoms with Crippen molar-refractivity contribution >= 4 is 11.8 Å². The number of nitriles is 2. The number of nitrogens with zero attached hydrogens (tertiary/aromatic N) is 3. The number of hydrogen-bond donors (Lipinski definition) is 1. The molecule has 1 heterocycles. The zero-order valence-corrected chi connectivity index (χ0v) is 14.6. The highest BCUT2D eigenvalue weighted by Gasteiger charge is 2.22. The van der Waals surface area contributed by atoms with Crippen LogP contribution in [0, 0.1) is 22.7 Å². The number of hydrogen-bond acceptors (Lipinski definition) is 7. The van der Waals surface area contributed by atoms with E-state index in [1.807, 2.05) is 18.2 Å². The quantitative estimate of drug-likeness (QED) is 0.765. The number of rotatable bonds is 7. The molecule has 7 heteroatoms. The number of pyridine rings is 1. The summed E-state index contributed by atoms with van der Waals surface area (Å²) in [5.41, 5.74) is 1.44. The topological polar surface area (TPSA) is 108 Å². The average molecular weight is 350 g/mol. The van der Waals surface area contributed by atoms with Crippen LogP contribution < -0.4 is 10.1 Å². The maximum Gasteiger partial charge on any atom is 0.325 e. The molecular formula is C19H18N4O3. The largest absolute Gasteiger partial charge is 0.477 e. The predicted molar refractivity (Wildman–Crippen MR) is 95.4 cm³/mol. The van der Waals surface area contributed by atoms with Gasteiger partial charge < -0.3 is 14.8 Å². The van der Waals surface area contributed by atoms with E-state index in [0.29, 0.717) is 17.7 Å². The Hall–Kier alpha value is -3.58. The Labute approximate surface area is 151 Å². The first-order chi connectivity index (χ1) is 12.7. The van der Waals surface area contributed by atoms with E-state index in [0.717, 1.165) is 0 Å². The standard InChI is InChI=1S/C19H18N4O3/c1-3-25-16(24)12-22-18-14(10-20)17(13-8-6-5-7-9-13)15(11-21)19(23-18)26-4-2/h5-9H,3-4,12H2,1-2H3,(H,22,23). The van der Waals surface area contributed by atoms with Crippen molar-refractivity contribution < 1.29 is 14.3 Å². The van der Waals surface area contributed by atoms with Gasteiger partial charge >= 0.3 is 5.97 Å². The number of anilines is 1. The number of ether oxygens (including phenoxy) is 2. The molecule has 0 saturated heterocycles. The monoisotopic (exact) mass is 350 g/mol. The Kier molecular flexibility index (Phi) is 6.53. The molecule has 0 radical (unpaired) electrons. The molecule has 0 spiro atoms. The van der Waals surface area contributed by atoms with Gasteiger partial charge in [0.05, 0.1) is 13.2 Å². The highest BCUT2D eigenvalue weighted by Crippen LogP contribution is 2.35. The minimum absolute atomic E-state index is 0.110. The molecule has 0 unspecified atom stereocenters. The Morgan fingerprint density at radius 3 is 2.38 bits per heavy atom. The molecule has 1 N–H and O–H groups in total. The van der Waals surface area contributed by atoms with Crippen LogP contribution in [0.15, 0.2) is 30.3 Å². The van der Waals surface area contributed by atoms with Crippen LogP contribution >= 0.6 is 0 Å². The van der Waals surface area contributed by atoms with Crippen molar-refractivity contribution in [2.45, 2.75) is 13.8 Å². The Bertz CT molecular complexity index is 867. The summed E-state index contributed by atoms with van der Waals surface area (Å²) in [4.78, 5) is 15.9. The van der Waals surface area contributed by atoms with Gasteiger partial charge in [0.15, 0.2) is 0 Å². The van der Waals surface area contributed by atoms with Crippen LogP contribution in [0.25, 0.3) is 11.1 Å². The maximum atomic E-state index is 11.6. The molecule has 0 aliphatic carbocycles. The molecule has 1 aromatic carbocycles. The fourth-order valence-electron chi connectivity index (χ4n) is 2.41. The number of esters is 1. The highest BCUT2D eigenvalue weighted by atomic mass is 16.5. The maximum absolute atomic E-state index is 11.6. The third-order valence-electron chi connectivity index (χ3n) is 3.44. The first-order valence-electron chi connectivity index (χ1n) is 8.12. The van der Waals surface area contributed by atoms with E-state index >= 15 is 0 Å². The molecular weight excluding hydrogens is 332 g/mol. The second-order valence-electron chi connectivity index (χ2n) is 5.07. The van der Waals surface area contributed by atoms with Crippen LogP contribution in [0.2, 0.25) is 0 Å². The molecule has 0 aliphatic rings. The summed E-state index contributed by atoms with van der Waals surface area (Å²) in [6, 6.07) is 13.2. The van der Waals surface area contributed by atoms with Crippen LogP contribution in [-0.4, -0.2) is 30.7 Å². The predicted octanol–water partition coefficient (Wildman–Crippen LogP) is 2.87. The molecule has 7 nitrogen and oxygen atoms in total. The number of carbonyl (C=O) groups is 1. The van der Waals surface area contributed by atoms with Crippen LogP contribution in [-0.2, 0) is 9.53 Å². The van der Waals surface area contributed by atoms with Gasteiger partial charge in [-0.05, 0) is 19.4 Å². The normalized spacial score (nSPS) is 9.69. The summed E-state index contributed by atoms with van der Waals surface area (Å²) in [5.74, 6) is -0.192. The highest BCUT2D eigenvalue weighted by molar-refractivity contribution is 5.84. The van der Waals surface area contributed by atoms with Crippen LogP contribution in [0.5, 0.6) is 5.88 Å². The van der Waals surface area contributed by atoms with E-state index in [2.05, 4.69) is 22.4 Å². The minimum Gasteiger partial charge on any atom is -0.477 e. The van der Waals surface area contributed by atoms with Crippen LogP contribution in [0.4, 0.5) is 5.82 Å². The summed E-state index contributed by atoms with van der Waals surface area (Å²) in [5, 5.41) is 22.1. The number of aromatic nitrogens is 1. The molecule has 0 aliphatic heterocycles. The summed E-state index contributed by atoms with van der Waals surface area (Å²) >= 11 is 0. The van der Waals surface area contributed by atoms with Gasteiger partial charge in [0, 0.05) is 5.56 Å². The number of nitrogens with one attached hydrogen (secondary N) is 1. The zero-order chi connectivity index (χ0) is 18.9. The van der Waals surface area contributed by atoms with E-state index in [4.69, 9.17) is 9.47 Å². The van der Waals surface area contributed by atoms with Crippen molar-refractivity contribution in [1.82, 2.24) is 4.98 Å². The van der Waals surface area contributed by atoms with Crippen LogP contribution in [0.1, 0.15) is 25.0 Å². The average Bonchev–Trinajstić information content (AvgIpc) is 2.66. The molecule has 26 heavy (non-hydrogen) atoms. The van der Waals surface area contributed by atoms with Crippen molar-refractivity contribution in [1.29, 1.82) is 10.5 Å². The van der Waals surface area contributed by atoms with Crippen molar-refractivity contribution in [3.63, 3.8) is 0 Å². The molecule has 132 valence electrons. The van der Waals surface area contributed by atoms with E-state index in [-0.39, 0.29) is 36.0 Å². The second-order valence-corrected chi connectivity index (χ2v) is 5.07. The van der Waals surface area contributed by atoms with Crippen molar-refractivity contribution in [3.05, 3.63) is 41.5 Å². The van der Waals surface area contributed by atoms with Crippen molar-refractivity contribution in [2.24, 2.45) is 0 Å². The fraction of sp³-hybridized carbons (Fsp3) is 0.263. The van der Waals surface area contributed by atoms with Crippen molar-refractivity contribution in [3.8, 4) is 29.1 Å². The van der Waals surface area contributed by atoms with Gasteiger partial charge in [0.25, 0.3) is 0 Å². The van der Waals surface area contributed by atoms with Gasteiger partial charge in [-0.15, -0.1) is 0 Å². The fourth-order valence-corrected chi connectivity index (χ4v) is 2.41. The van der Waals surface area contributed by atoms with E-state index < -0.39 is 5.97 Å². The van der Waals surface area contributed by atoms with Gasteiger partial charge in [-0.25, -0.2) is 0 Å². The lowest BCUT2D eigenvalue weighted by Gasteiger charge is -2.15. The molecule has 2 rings (SSSR count). The van der Waals surface area contributed by atoms with E-state index in [1.165, 1.54) is 0 Å². The lowest BCUT2D eigenvalue weighted by atomic mass is 9.96. The molecule has 0 amide bonds. The third-order valence-corrected chi connectivity index (χ3v) is 3.44. The van der Waals surface area contributed by atoms with E-state index in [9.17, 15) is 15.3 Å². The van der Waals surface area contributed by atoms with Gasteiger partial charge in [0.1, 0.15) is 35.6 Å². The second kappa shape index (κ2) is 9.05. The van der Waals surface area contributed by atoms with Crippen LogP contribution in [0.3, 0.4) is 0 Å². The van der Waals surface area contributed by atoms with Gasteiger partial charge in [0.2, 0.25) is 5.88 Å². The lowest BCUT2D eigenvalue weighted by Crippen LogP contribution is -2.18. The third kappa shape index (κ3) is 4.08. The SMILES string of the molecule is CCOC(=O)CNc1nc(OCC)c(C#N)c(-c2ccccc2)c1C#N. The first kappa shape index (κ1) is 18.8. The molecule has 0 bridgehead atoms. The minimum atomic E-state index is -0.471. The first-order valence-corrected chi connectivity index (χ1v) is 8.12. The Morgan fingerprint density at radius 1 is 1.12 bits per heavy atom. The summed E-state index contributed by atoms with van der Waals surface area (Å²) in [7, 11) is 0. The Morgan fingerprint density at radius 2 is 1.81 bits per heavy atom. The van der Waals surface area contributed by atoms with Gasteiger partial charge in [-0.1, -0.05) is 30.3 Å². The van der Waals surface area contributed by atoms with Gasteiger partial charge in [-0.3, -0.25) is 4.79 Å². The molecule has 1 aromatic heterocycles. The summed E-state index contributed by atoms with van der Waals surface area (Å²) < 4.78 is 10.4. The molecule has 0 fully saturated rings. The lowest BCUT2D eigenvalue weighted by molar-refractivity contribution is -0.140. The number of benzene rings is 1. The zero-order valence-electron chi connectivity index (χ0n) is 14.6. The smallest absolute Gasteiger partial charge is 0.325 e. The summed E-state index contributed by atoms with van der Waals surface area (Å²) in [6.45, 7) is 3.89. The summed E-state index contributed by atoms with van der Waals surface area (Å²) in [6.07, 6.45) is 0. The molecule has 2 aromatic rings. The number of carbonyl (C=O) groups excluding carboxylic acids is 1. The Balaban J connectivity index is 2.62. The molecule has 0 atom stereocenters. The van der Waals surface area contributed by atoms with E-state index in [1.54, 1.807) is 26.0 Å². The van der Waals surface area contributed by atoms with Crippen molar-refractivity contribution in [2.75, 3.05) is 25.1 Å². The molecule has 0 saturated carbocycles. The van der Waals surface area contributed by atoms with Gasteiger partial charge in [-0.2, -0.15) is 15.5 Å².